The molecule has 10 heavy (non-hydrogen) atoms. The lowest BCUT2D eigenvalue weighted by atomic mass is 9.93. The Balaban J connectivity index is 3.75. The Morgan fingerprint density at radius 1 is 1.60 bits per heavy atom. The van der Waals surface area contributed by atoms with Crippen LogP contribution in [0.1, 0.15) is 27.2 Å². The first-order chi connectivity index (χ1) is 4.52. The zero-order valence-electron chi connectivity index (χ0n) is 7.27. The molecule has 0 aliphatic carbocycles. The van der Waals surface area contributed by atoms with Crippen molar-refractivity contribution < 1.29 is 4.79 Å². The molecule has 0 bridgehead atoms. The Labute approximate surface area is 63.0 Å². The molecule has 1 unspecified atom stereocenters. The van der Waals surface area contributed by atoms with Gasteiger partial charge in [-0.1, -0.05) is 6.92 Å². The van der Waals surface area contributed by atoms with Crippen LogP contribution in [0.3, 0.4) is 0 Å². The van der Waals surface area contributed by atoms with Gasteiger partial charge >= 0.3 is 0 Å². The molecule has 1 N–H and O–H groups in total. The van der Waals surface area contributed by atoms with Gasteiger partial charge in [0.2, 0.25) is 0 Å². The minimum absolute atomic E-state index is 0.0837. The zero-order chi connectivity index (χ0) is 8.20. The van der Waals surface area contributed by atoms with E-state index >= 15 is 0 Å². The molecule has 0 amide bonds. The average Bonchev–Trinajstić information content (AvgIpc) is 1.87. The van der Waals surface area contributed by atoms with Crippen LogP contribution in [0.15, 0.2) is 0 Å². The van der Waals surface area contributed by atoms with E-state index < -0.39 is 0 Å². The van der Waals surface area contributed by atoms with Gasteiger partial charge in [-0.3, -0.25) is 0 Å². The maximum Gasteiger partial charge on any atom is 0.122 e. The maximum absolute atomic E-state index is 10.3. The molecule has 0 aromatic carbocycles. The predicted molar refractivity (Wildman–Crippen MR) is 43.0 cm³/mol. The third kappa shape index (κ3) is 3.62. The first-order valence-electron chi connectivity index (χ1n) is 3.66. The second-order valence-corrected chi connectivity index (χ2v) is 3.45. The normalized spacial score (nSPS) is 14.8. The Bertz CT molecular complexity index is 110. The molecule has 0 aliphatic rings. The summed E-state index contributed by atoms with van der Waals surface area (Å²) in [4.78, 5) is 10.3. The van der Waals surface area contributed by atoms with Crippen LogP contribution in [0.2, 0.25) is 0 Å². The summed E-state index contributed by atoms with van der Waals surface area (Å²) >= 11 is 0. The van der Waals surface area contributed by atoms with Crippen LogP contribution in [0.4, 0.5) is 0 Å². The monoisotopic (exact) mass is 143 g/mol. The van der Waals surface area contributed by atoms with Crippen molar-refractivity contribution in [1.82, 2.24) is 5.32 Å². The largest absolute Gasteiger partial charge is 0.315 e. The highest BCUT2D eigenvalue weighted by Gasteiger charge is 2.17. The molecule has 60 valence electrons. The summed E-state index contributed by atoms with van der Waals surface area (Å²) < 4.78 is 0. The summed E-state index contributed by atoms with van der Waals surface area (Å²) in [6, 6.07) is 0. The van der Waals surface area contributed by atoms with Crippen LogP contribution in [0, 0.1) is 5.92 Å². The van der Waals surface area contributed by atoms with Crippen LogP contribution >= 0.6 is 0 Å². The Kier molecular flexibility index (Phi) is 3.58. The second-order valence-electron chi connectivity index (χ2n) is 3.45. The molecular weight excluding hydrogens is 126 g/mol. The Hall–Kier alpha value is -0.370. The molecule has 0 saturated heterocycles. The number of carbonyl (C=O) groups is 1. The molecule has 0 saturated carbocycles. The van der Waals surface area contributed by atoms with Gasteiger partial charge < -0.3 is 10.1 Å². The summed E-state index contributed by atoms with van der Waals surface area (Å²) in [5.74, 6) is 0.155. The summed E-state index contributed by atoms with van der Waals surface area (Å²) in [5, 5.41) is 3.15. The number of aldehydes is 1. The van der Waals surface area contributed by atoms with Crippen molar-refractivity contribution in [3.63, 3.8) is 0 Å². The van der Waals surface area contributed by atoms with E-state index in [1.165, 1.54) is 0 Å². The molecule has 0 aromatic rings. The molecular formula is C8H17NO. The molecule has 0 aromatic heterocycles. The van der Waals surface area contributed by atoms with E-state index in [-0.39, 0.29) is 11.5 Å². The summed E-state index contributed by atoms with van der Waals surface area (Å²) in [5.41, 5.74) is 0.0837. The van der Waals surface area contributed by atoms with E-state index in [2.05, 4.69) is 19.2 Å². The molecule has 0 fully saturated rings. The highest BCUT2D eigenvalue weighted by atomic mass is 16.1. The van der Waals surface area contributed by atoms with Crippen molar-refractivity contribution in [2.75, 3.05) is 7.05 Å². The molecule has 2 nitrogen and oxygen atoms in total. The number of hydrogen-bond acceptors (Lipinski definition) is 2. The molecule has 0 heterocycles. The highest BCUT2D eigenvalue weighted by Crippen LogP contribution is 2.13. The van der Waals surface area contributed by atoms with E-state index in [1.807, 2.05) is 14.0 Å². The lowest BCUT2D eigenvalue weighted by Gasteiger charge is -2.25. The van der Waals surface area contributed by atoms with E-state index in [4.69, 9.17) is 0 Å². The van der Waals surface area contributed by atoms with Gasteiger partial charge in [-0.15, -0.1) is 0 Å². The van der Waals surface area contributed by atoms with Gasteiger partial charge in [0.15, 0.2) is 0 Å². The lowest BCUT2D eigenvalue weighted by molar-refractivity contribution is -0.111. The third-order valence-electron chi connectivity index (χ3n) is 1.74. The smallest absolute Gasteiger partial charge is 0.122 e. The van der Waals surface area contributed by atoms with E-state index in [1.54, 1.807) is 0 Å². The van der Waals surface area contributed by atoms with Crippen molar-refractivity contribution >= 4 is 6.29 Å². The van der Waals surface area contributed by atoms with Gasteiger partial charge in [0.05, 0.1) is 0 Å². The van der Waals surface area contributed by atoms with Gasteiger partial charge in [0.25, 0.3) is 0 Å². The summed E-state index contributed by atoms with van der Waals surface area (Å²) in [6.45, 7) is 6.12. The molecule has 0 radical (unpaired) electrons. The fourth-order valence-corrected chi connectivity index (χ4v) is 0.955. The minimum atomic E-state index is 0.0837. The standard InChI is InChI=1S/C8H17NO/c1-7(6-10)5-8(2,3)9-4/h6-7,9H,5H2,1-4H3. The second kappa shape index (κ2) is 3.71. The topological polar surface area (TPSA) is 29.1 Å². The molecule has 1 atom stereocenters. The van der Waals surface area contributed by atoms with Crippen LogP contribution in [-0.2, 0) is 4.79 Å². The SMILES string of the molecule is CNC(C)(C)CC(C)C=O. The Morgan fingerprint density at radius 2 is 2.10 bits per heavy atom. The fraction of sp³-hybridized carbons (Fsp3) is 0.875. The molecule has 0 rings (SSSR count). The van der Waals surface area contributed by atoms with Gasteiger partial charge in [-0.2, -0.15) is 0 Å². The van der Waals surface area contributed by atoms with E-state index in [0.717, 1.165) is 12.7 Å². The number of carbonyl (C=O) groups excluding carboxylic acids is 1. The van der Waals surface area contributed by atoms with Gasteiger partial charge in [0.1, 0.15) is 6.29 Å². The van der Waals surface area contributed by atoms with Crippen molar-refractivity contribution in [1.29, 1.82) is 0 Å². The van der Waals surface area contributed by atoms with Crippen LogP contribution in [0.25, 0.3) is 0 Å². The highest BCUT2D eigenvalue weighted by molar-refractivity contribution is 5.52. The van der Waals surface area contributed by atoms with E-state index in [0.29, 0.717) is 0 Å². The zero-order valence-corrected chi connectivity index (χ0v) is 7.27. The quantitative estimate of drug-likeness (QED) is 0.599. The van der Waals surface area contributed by atoms with Crippen molar-refractivity contribution in [2.24, 2.45) is 5.92 Å². The molecule has 0 aliphatic heterocycles. The van der Waals surface area contributed by atoms with Crippen molar-refractivity contribution in [3.8, 4) is 0 Å². The minimum Gasteiger partial charge on any atom is -0.315 e. The Morgan fingerprint density at radius 3 is 2.40 bits per heavy atom. The first kappa shape index (κ1) is 9.63. The maximum atomic E-state index is 10.3. The summed E-state index contributed by atoms with van der Waals surface area (Å²) in [6.07, 6.45) is 1.89. The lowest BCUT2D eigenvalue weighted by Crippen LogP contribution is -2.37. The van der Waals surface area contributed by atoms with Gasteiger partial charge in [-0.05, 0) is 27.3 Å². The molecule has 2 heteroatoms. The van der Waals surface area contributed by atoms with Crippen LogP contribution in [-0.4, -0.2) is 18.9 Å². The summed E-state index contributed by atoms with van der Waals surface area (Å²) in [7, 11) is 1.91. The third-order valence-corrected chi connectivity index (χ3v) is 1.74. The van der Waals surface area contributed by atoms with Crippen molar-refractivity contribution in [3.05, 3.63) is 0 Å². The number of hydrogen-bond donors (Lipinski definition) is 1. The number of nitrogens with one attached hydrogen (secondary N) is 1. The average molecular weight is 143 g/mol. The molecule has 0 spiro atoms. The number of rotatable bonds is 4. The van der Waals surface area contributed by atoms with Crippen LogP contribution in [0.5, 0.6) is 0 Å². The van der Waals surface area contributed by atoms with E-state index in [9.17, 15) is 4.79 Å². The van der Waals surface area contributed by atoms with Gasteiger partial charge in [0, 0.05) is 11.5 Å². The fourth-order valence-electron chi connectivity index (χ4n) is 0.955. The van der Waals surface area contributed by atoms with Gasteiger partial charge in [-0.25, -0.2) is 0 Å². The first-order valence-corrected chi connectivity index (χ1v) is 3.66. The van der Waals surface area contributed by atoms with Crippen molar-refractivity contribution in [2.45, 2.75) is 32.7 Å². The predicted octanol–water partition coefficient (Wildman–Crippen LogP) is 1.21. The van der Waals surface area contributed by atoms with Crippen LogP contribution < -0.4 is 5.32 Å².